The Morgan fingerprint density at radius 3 is 1.18 bits per heavy atom. The van der Waals surface area contributed by atoms with Gasteiger partial charge in [0, 0.05) is 11.1 Å². The number of hydrogen-bond donors (Lipinski definition) is 0. The molecule has 4 heteroatoms. The number of hydrogen-bond acceptors (Lipinski definition) is 0. The van der Waals surface area contributed by atoms with Gasteiger partial charge in [0.15, 0.2) is 11.6 Å². The van der Waals surface area contributed by atoms with Gasteiger partial charge >= 0.3 is 0 Å². The van der Waals surface area contributed by atoms with E-state index in [0.717, 1.165) is 0 Å². The summed E-state index contributed by atoms with van der Waals surface area (Å²) in [5.74, 6) is -1.45. The first-order valence-corrected chi connectivity index (χ1v) is 7.33. The minimum Gasteiger partial charge on any atom is -0.205 e. The molecule has 0 fully saturated rings. The van der Waals surface area contributed by atoms with Crippen LogP contribution in [0.4, 0.5) is 8.78 Å². The largest absolute Gasteiger partial charge is 0.205 e. The van der Waals surface area contributed by atoms with E-state index >= 15 is 0 Å². The Morgan fingerprint density at radius 2 is 0.864 bits per heavy atom. The second kappa shape index (κ2) is 6.07. The fraction of sp³-hybridized carbons (Fsp3) is 0. The van der Waals surface area contributed by atoms with Gasteiger partial charge in [-0.1, -0.05) is 83.9 Å². The monoisotopic (exact) mass is 334 g/mol. The molecule has 0 aliphatic rings. The highest BCUT2D eigenvalue weighted by Crippen LogP contribution is 2.43. The molecule has 0 saturated carbocycles. The van der Waals surface area contributed by atoms with Gasteiger partial charge in [0.1, 0.15) is 0 Å². The highest BCUT2D eigenvalue weighted by Gasteiger charge is 2.24. The first kappa shape index (κ1) is 15.0. The Labute approximate surface area is 136 Å². The van der Waals surface area contributed by atoms with Crippen LogP contribution in [0, 0.1) is 11.6 Å². The van der Waals surface area contributed by atoms with Gasteiger partial charge in [-0.15, -0.1) is 0 Å². The van der Waals surface area contributed by atoms with E-state index in [0.29, 0.717) is 11.1 Å². The van der Waals surface area contributed by atoms with Crippen molar-refractivity contribution in [1.29, 1.82) is 0 Å². The first-order chi connectivity index (χ1) is 10.6. The van der Waals surface area contributed by atoms with Gasteiger partial charge in [0.2, 0.25) is 0 Å². The maximum atomic E-state index is 14.7. The Morgan fingerprint density at radius 1 is 0.545 bits per heavy atom. The molecule has 3 rings (SSSR count). The van der Waals surface area contributed by atoms with E-state index in [4.69, 9.17) is 23.2 Å². The lowest BCUT2D eigenvalue weighted by Crippen LogP contribution is -1.96. The summed E-state index contributed by atoms with van der Waals surface area (Å²) in [6, 6.07) is 17.1. The number of benzene rings is 3. The van der Waals surface area contributed by atoms with Crippen molar-refractivity contribution in [3.63, 3.8) is 0 Å². The average Bonchev–Trinajstić information content (AvgIpc) is 2.55. The summed E-state index contributed by atoms with van der Waals surface area (Å²) in [5.41, 5.74) is 0.907. The standard InChI is InChI=1S/C18H10Cl2F2/c19-15-13(11-7-3-1-4-8-11)17(21)16(20)14(18(15)22)12-9-5-2-6-10-12/h1-10H. The molecule has 0 nitrogen and oxygen atoms in total. The topological polar surface area (TPSA) is 0 Å². The molecule has 0 saturated heterocycles. The smallest absolute Gasteiger partial charge is 0.151 e. The zero-order valence-electron chi connectivity index (χ0n) is 11.3. The van der Waals surface area contributed by atoms with Crippen molar-refractivity contribution in [2.45, 2.75) is 0 Å². The van der Waals surface area contributed by atoms with Crippen LogP contribution >= 0.6 is 23.2 Å². The van der Waals surface area contributed by atoms with E-state index in [-0.39, 0.29) is 21.2 Å². The maximum absolute atomic E-state index is 14.7. The van der Waals surface area contributed by atoms with Crippen molar-refractivity contribution in [2.24, 2.45) is 0 Å². The third-order valence-electron chi connectivity index (χ3n) is 3.39. The summed E-state index contributed by atoms with van der Waals surface area (Å²) in [5, 5.41) is -0.543. The molecule has 0 aliphatic carbocycles. The molecule has 0 spiro atoms. The Hall–Kier alpha value is -1.90. The van der Waals surface area contributed by atoms with Crippen molar-refractivity contribution in [2.75, 3.05) is 0 Å². The summed E-state index contributed by atoms with van der Waals surface area (Å²) in [7, 11) is 0. The number of rotatable bonds is 2. The molecule has 3 aromatic carbocycles. The zero-order valence-corrected chi connectivity index (χ0v) is 12.8. The Bertz CT molecular complexity index is 716. The summed E-state index contributed by atoms with van der Waals surface area (Å²) in [6.45, 7) is 0. The number of halogens is 4. The van der Waals surface area contributed by atoms with Crippen molar-refractivity contribution in [3.05, 3.63) is 82.3 Å². The second-order valence-corrected chi connectivity index (χ2v) is 5.49. The van der Waals surface area contributed by atoms with Crippen LogP contribution in [0.15, 0.2) is 60.7 Å². The first-order valence-electron chi connectivity index (χ1n) is 6.58. The molecule has 22 heavy (non-hydrogen) atoms. The van der Waals surface area contributed by atoms with Gasteiger partial charge in [-0.2, -0.15) is 0 Å². The molecule has 0 amide bonds. The molecule has 0 aromatic heterocycles. The molecule has 0 aliphatic heterocycles. The van der Waals surface area contributed by atoms with E-state index in [2.05, 4.69) is 0 Å². The maximum Gasteiger partial charge on any atom is 0.151 e. The van der Waals surface area contributed by atoms with E-state index in [1.165, 1.54) is 0 Å². The fourth-order valence-corrected chi connectivity index (χ4v) is 2.92. The predicted octanol–water partition coefficient (Wildman–Crippen LogP) is 6.61. The van der Waals surface area contributed by atoms with Crippen LogP contribution in [0.25, 0.3) is 22.3 Å². The molecule has 0 radical (unpaired) electrons. The Balaban J connectivity index is 2.31. The summed E-state index contributed by atoms with van der Waals surface area (Å²) in [4.78, 5) is 0. The van der Waals surface area contributed by atoms with E-state index in [1.807, 2.05) is 0 Å². The molecule has 0 heterocycles. The van der Waals surface area contributed by atoms with Crippen LogP contribution in [0.2, 0.25) is 10.0 Å². The molecule has 3 aromatic rings. The lowest BCUT2D eigenvalue weighted by Gasteiger charge is -2.14. The molecule has 0 bridgehead atoms. The second-order valence-electron chi connectivity index (χ2n) is 4.74. The van der Waals surface area contributed by atoms with Crippen LogP contribution < -0.4 is 0 Å². The molecule has 110 valence electrons. The van der Waals surface area contributed by atoms with E-state index in [9.17, 15) is 8.78 Å². The minimum atomic E-state index is -0.724. The molecule has 0 unspecified atom stereocenters. The lowest BCUT2D eigenvalue weighted by molar-refractivity contribution is 0.607. The van der Waals surface area contributed by atoms with Crippen molar-refractivity contribution in [3.8, 4) is 22.3 Å². The van der Waals surface area contributed by atoms with Crippen molar-refractivity contribution in [1.82, 2.24) is 0 Å². The van der Waals surface area contributed by atoms with Crippen molar-refractivity contribution < 1.29 is 8.78 Å². The predicted molar refractivity (Wildman–Crippen MR) is 87.2 cm³/mol. The van der Waals surface area contributed by atoms with Gasteiger partial charge in [-0.25, -0.2) is 8.78 Å². The van der Waals surface area contributed by atoms with Crippen LogP contribution in [-0.4, -0.2) is 0 Å². The minimum absolute atomic E-state index is 0.0237. The zero-order chi connectivity index (χ0) is 15.7. The Kier molecular flexibility index (Phi) is 4.14. The van der Waals surface area contributed by atoms with Crippen LogP contribution in [0.1, 0.15) is 0 Å². The molecular weight excluding hydrogens is 325 g/mol. The van der Waals surface area contributed by atoms with Gasteiger partial charge in [0.05, 0.1) is 10.0 Å². The highest BCUT2D eigenvalue weighted by atomic mass is 35.5. The summed E-state index contributed by atoms with van der Waals surface area (Å²) < 4.78 is 29.4. The fourth-order valence-electron chi connectivity index (χ4n) is 2.35. The highest BCUT2D eigenvalue weighted by molar-refractivity contribution is 6.37. The van der Waals surface area contributed by atoms with Gasteiger partial charge in [0.25, 0.3) is 0 Å². The van der Waals surface area contributed by atoms with E-state index in [1.54, 1.807) is 60.7 Å². The average molecular weight is 335 g/mol. The lowest BCUT2D eigenvalue weighted by atomic mass is 9.98. The van der Waals surface area contributed by atoms with Gasteiger partial charge < -0.3 is 0 Å². The summed E-state index contributed by atoms with van der Waals surface area (Å²) >= 11 is 12.2. The SMILES string of the molecule is Fc1c(Cl)c(-c2ccccc2)c(F)c(Cl)c1-c1ccccc1. The van der Waals surface area contributed by atoms with Gasteiger partial charge in [-0.05, 0) is 11.1 Å². The van der Waals surface area contributed by atoms with Gasteiger partial charge in [-0.3, -0.25) is 0 Å². The molecule has 0 N–H and O–H groups in total. The molecular formula is C18H10Cl2F2. The molecule has 0 atom stereocenters. The van der Waals surface area contributed by atoms with Crippen LogP contribution in [0.3, 0.4) is 0 Å². The van der Waals surface area contributed by atoms with Crippen LogP contribution in [0.5, 0.6) is 0 Å². The third-order valence-corrected chi connectivity index (χ3v) is 4.10. The quantitative estimate of drug-likeness (QED) is 0.463. The third kappa shape index (κ3) is 2.49. The summed E-state index contributed by atoms with van der Waals surface area (Å²) in [6.07, 6.45) is 0. The normalized spacial score (nSPS) is 10.7. The van der Waals surface area contributed by atoms with Crippen molar-refractivity contribution >= 4 is 23.2 Å². The van der Waals surface area contributed by atoms with E-state index < -0.39 is 11.6 Å². The van der Waals surface area contributed by atoms with Crippen LogP contribution in [-0.2, 0) is 0 Å².